The molecule has 3 heterocycles. The van der Waals surface area contributed by atoms with E-state index in [9.17, 15) is 4.79 Å². The Bertz CT molecular complexity index is 769. The molecule has 1 amide bonds. The van der Waals surface area contributed by atoms with Crippen molar-refractivity contribution in [1.29, 1.82) is 0 Å². The number of rotatable bonds is 8. The Balaban J connectivity index is 1.24. The molecular weight excluding hydrogens is 376 g/mol. The third-order valence-corrected chi connectivity index (χ3v) is 6.03. The molecule has 2 aliphatic heterocycles. The summed E-state index contributed by atoms with van der Waals surface area (Å²) in [5.74, 6) is 0.200. The number of aromatic nitrogens is 4. The highest BCUT2D eigenvalue weighted by Gasteiger charge is 2.19. The number of hydrogen-bond donors (Lipinski definition) is 1. The molecular formula is C19H26N6O2S. The van der Waals surface area contributed by atoms with Gasteiger partial charge in [0.15, 0.2) is 0 Å². The van der Waals surface area contributed by atoms with Gasteiger partial charge in [0.25, 0.3) is 0 Å². The molecule has 0 unspecified atom stereocenters. The summed E-state index contributed by atoms with van der Waals surface area (Å²) >= 11 is 1.34. The van der Waals surface area contributed by atoms with Crippen molar-refractivity contribution in [1.82, 2.24) is 25.1 Å². The zero-order valence-corrected chi connectivity index (χ0v) is 16.7. The zero-order valence-electron chi connectivity index (χ0n) is 15.9. The van der Waals surface area contributed by atoms with Crippen molar-refractivity contribution < 1.29 is 9.53 Å². The molecule has 2 aromatic rings. The summed E-state index contributed by atoms with van der Waals surface area (Å²) in [5, 5.41) is 15.4. The summed E-state index contributed by atoms with van der Waals surface area (Å²) in [7, 11) is 0. The van der Waals surface area contributed by atoms with Crippen LogP contribution in [-0.2, 0) is 22.6 Å². The Morgan fingerprint density at radius 2 is 2.04 bits per heavy atom. The van der Waals surface area contributed by atoms with E-state index in [2.05, 4.69) is 37.9 Å². The predicted molar refractivity (Wildman–Crippen MR) is 107 cm³/mol. The van der Waals surface area contributed by atoms with Crippen LogP contribution in [0.3, 0.4) is 0 Å². The van der Waals surface area contributed by atoms with E-state index in [1.54, 1.807) is 4.68 Å². The fourth-order valence-electron chi connectivity index (χ4n) is 3.62. The van der Waals surface area contributed by atoms with Crippen LogP contribution in [0.2, 0.25) is 0 Å². The minimum Gasteiger partial charge on any atom is -0.376 e. The molecule has 1 N–H and O–H groups in total. The van der Waals surface area contributed by atoms with Crippen molar-refractivity contribution in [3.63, 3.8) is 0 Å². The van der Waals surface area contributed by atoms with Gasteiger partial charge in [0.1, 0.15) is 0 Å². The largest absolute Gasteiger partial charge is 0.376 e. The number of ether oxygens (including phenoxy) is 1. The number of nitrogens with zero attached hydrogens (tertiary/aromatic N) is 5. The van der Waals surface area contributed by atoms with Crippen molar-refractivity contribution in [2.24, 2.45) is 0 Å². The number of thioether (sulfide) groups is 1. The zero-order chi connectivity index (χ0) is 19.2. The van der Waals surface area contributed by atoms with Crippen molar-refractivity contribution in [3.8, 4) is 0 Å². The summed E-state index contributed by atoms with van der Waals surface area (Å²) in [6.07, 6.45) is 4.86. The summed E-state index contributed by atoms with van der Waals surface area (Å²) < 4.78 is 7.35. The highest BCUT2D eigenvalue weighted by atomic mass is 32.2. The van der Waals surface area contributed by atoms with E-state index >= 15 is 0 Å². The SMILES string of the molecule is O=C(CSc1nnnn1C[C@H]1CCCO1)Nc1ccc(CN2CCCC2)cc1. The normalized spacial score (nSPS) is 19.9. The number of hydrogen-bond acceptors (Lipinski definition) is 7. The standard InChI is InChI=1S/C19H26N6O2S/c26-18(14-28-19-21-22-23-25(19)13-17-4-3-11-27-17)20-16-7-5-15(6-8-16)12-24-9-1-2-10-24/h5-8,17H,1-4,9-14H2,(H,20,26)/t17-/m1/s1. The van der Waals surface area contributed by atoms with Gasteiger partial charge in [0.05, 0.1) is 18.4 Å². The van der Waals surface area contributed by atoms with Gasteiger partial charge in [-0.25, -0.2) is 4.68 Å². The second-order valence-electron chi connectivity index (χ2n) is 7.30. The van der Waals surface area contributed by atoms with Crippen LogP contribution in [0.5, 0.6) is 0 Å². The number of amides is 1. The van der Waals surface area contributed by atoms with Gasteiger partial charge in [-0.2, -0.15) is 0 Å². The second kappa shape index (κ2) is 9.49. The summed E-state index contributed by atoms with van der Waals surface area (Å²) in [6, 6.07) is 8.11. The molecule has 0 spiro atoms. The molecule has 2 saturated heterocycles. The molecule has 8 nitrogen and oxygen atoms in total. The molecule has 0 aliphatic carbocycles. The van der Waals surface area contributed by atoms with Crippen molar-refractivity contribution >= 4 is 23.4 Å². The molecule has 1 atom stereocenters. The molecule has 9 heteroatoms. The molecule has 28 heavy (non-hydrogen) atoms. The van der Waals surface area contributed by atoms with E-state index in [1.807, 2.05) is 12.1 Å². The third-order valence-electron chi connectivity index (χ3n) is 5.07. The number of carbonyl (C=O) groups is 1. The maximum atomic E-state index is 12.3. The summed E-state index contributed by atoms with van der Waals surface area (Å²) in [4.78, 5) is 14.7. The molecule has 2 aliphatic rings. The third kappa shape index (κ3) is 5.30. The van der Waals surface area contributed by atoms with Gasteiger partial charge in [0.2, 0.25) is 11.1 Å². The van der Waals surface area contributed by atoms with Gasteiger partial charge in [0, 0.05) is 18.8 Å². The lowest BCUT2D eigenvalue weighted by molar-refractivity contribution is -0.113. The quantitative estimate of drug-likeness (QED) is 0.678. The number of benzene rings is 1. The molecule has 0 saturated carbocycles. The molecule has 0 bridgehead atoms. The lowest BCUT2D eigenvalue weighted by atomic mass is 10.2. The molecule has 1 aromatic carbocycles. The van der Waals surface area contributed by atoms with Crippen molar-refractivity contribution in [2.75, 3.05) is 30.8 Å². The number of tetrazole rings is 1. The highest BCUT2D eigenvalue weighted by molar-refractivity contribution is 7.99. The maximum Gasteiger partial charge on any atom is 0.234 e. The monoisotopic (exact) mass is 402 g/mol. The number of carbonyl (C=O) groups excluding carboxylic acids is 1. The van der Waals surface area contributed by atoms with Gasteiger partial charge in [-0.3, -0.25) is 9.69 Å². The lowest BCUT2D eigenvalue weighted by Crippen LogP contribution is -2.19. The topological polar surface area (TPSA) is 85.2 Å². The van der Waals surface area contributed by atoms with Gasteiger partial charge in [-0.15, -0.1) is 5.10 Å². The highest BCUT2D eigenvalue weighted by Crippen LogP contribution is 2.19. The minimum atomic E-state index is -0.0658. The molecule has 150 valence electrons. The van der Waals surface area contributed by atoms with Crippen molar-refractivity contribution in [2.45, 2.75) is 50.0 Å². The number of nitrogens with one attached hydrogen (secondary N) is 1. The van der Waals surface area contributed by atoms with Gasteiger partial charge >= 0.3 is 0 Å². The average molecular weight is 403 g/mol. The van der Waals surface area contributed by atoms with E-state index < -0.39 is 0 Å². The minimum absolute atomic E-state index is 0.0658. The fourth-order valence-corrected chi connectivity index (χ4v) is 4.30. The average Bonchev–Trinajstić information content (AvgIpc) is 3.46. The first-order valence-electron chi connectivity index (χ1n) is 9.88. The Morgan fingerprint density at radius 1 is 1.21 bits per heavy atom. The Morgan fingerprint density at radius 3 is 2.79 bits per heavy atom. The lowest BCUT2D eigenvalue weighted by Gasteiger charge is -2.14. The van der Waals surface area contributed by atoms with Crippen LogP contribution in [0.25, 0.3) is 0 Å². The van der Waals surface area contributed by atoms with Crippen molar-refractivity contribution in [3.05, 3.63) is 29.8 Å². The fraction of sp³-hybridized carbons (Fsp3) is 0.579. The van der Waals surface area contributed by atoms with E-state index in [4.69, 9.17) is 4.74 Å². The molecule has 2 fully saturated rings. The first kappa shape index (κ1) is 19.4. The number of anilines is 1. The first-order chi connectivity index (χ1) is 13.8. The molecule has 1 aromatic heterocycles. The molecule has 0 radical (unpaired) electrons. The van der Waals surface area contributed by atoms with E-state index in [1.165, 1.54) is 43.3 Å². The molecule has 4 rings (SSSR count). The van der Waals surface area contributed by atoms with Crippen LogP contribution in [-0.4, -0.2) is 62.6 Å². The van der Waals surface area contributed by atoms with E-state index in [0.717, 1.165) is 31.7 Å². The van der Waals surface area contributed by atoms with Crippen LogP contribution in [0.15, 0.2) is 29.4 Å². The first-order valence-corrected chi connectivity index (χ1v) is 10.9. The Kier molecular flexibility index (Phi) is 6.56. The van der Waals surface area contributed by atoms with Crippen LogP contribution in [0.1, 0.15) is 31.2 Å². The second-order valence-corrected chi connectivity index (χ2v) is 8.24. The van der Waals surface area contributed by atoms with E-state index in [-0.39, 0.29) is 17.8 Å². The van der Waals surface area contributed by atoms with Crippen LogP contribution < -0.4 is 5.32 Å². The maximum absolute atomic E-state index is 12.3. The van der Waals surface area contributed by atoms with Gasteiger partial charge in [-0.1, -0.05) is 23.9 Å². The summed E-state index contributed by atoms with van der Waals surface area (Å²) in [5.41, 5.74) is 2.09. The van der Waals surface area contributed by atoms with Crippen LogP contribution >= 0.6 is 11.8 Å². The Labute approximate surface area is 169 Å². The summed E-state index contributed by atoms with van der Waals surface area (Å²) in [6.45, 7) is 4.78. The Hall–Kier alpha value is -1.97. The number of likely N-dealkylation sites (tertiary alicyclic amines) is 1. The smallest absolute Gasteiger partial charge is 0.234 e. The van der Waals surface area contributed by atoms with E-state index in [0.29, 0.717) is 11.7 Å². The predicted octanol–water partition coefficient (Wildman–Crippen LogP) is 2.18. The van der Waals surface area contributed by atoms with Crippen LogP contribution in [0, 0.1) is 0 Å². The van der Waals surface area contributed by atoms with Gasteiger partial charge < -0.3 is 10.1 Å². The van der Waals surface area contributed by atoms with Gasteiger partial charge in [-0.05, 0) is 66.9 Å². The van der Waals surface area contributed by atoms with Crippen LogP contribution in [0.4, 0.5) is 5.69 Å².